The first-order valence-corrected chi connectivity index (χ1v) is 16.0. The molecule has 0 spiro atoms. The maximum atomic E-state index is 13.6. The SMILES string of the molecule is N#Cc1cnc2cc(OC3CCOC3)c(NC(=O)/C=C/CN(OCCO)OCCO)cc2c1Nc1ccc(OCc2cccc(F)c2)c(Cl)c1. The first kappa shape index (κ1) is 36.4. The number of hydrogen-bond acceptors (Lipinski definition) is 12. The van der Waals surface area contributed by atoms with Crippen molar-refractivity contribution in [3.63, 3.8) is 0 Å². The van der Waals surface area contributed by atoms with Crippen molar-refractivity contribution in [1.82, 2.24) is 10.2 Å². The van der Waals surface area contributed by atoms with Gasteiger partial charge in [-0.3, -0.25) is 19.5 Å². The van der Waals surface area contributed by atoms with Crippen molar-refractivity contribution in [3.8, 4) is 17.6 Å². The van der Waals surface area contributed by atoms with Crippen LogP contribution in [0.4, 0.5) is 21.5 Å². The number of amides is 1. The monoisotopic (exact) mass is 707 g/mol. The fraction of sp³-hybridized carbons (Fsp3) is 0.286. The van der Waals surface area contributed by atoms with Gasteiger partial charge in [0.05, 0.1) is 73.7 Å². The topological polar surface area (TPSA) is 168 Å². The van der Waals surface area contributed by atoms with Crippen LogP contribution in [0.15, 0.2) is 72.9 Å². The smallest absolute Gasteiger partial charge is 0.248 e. The number of nitrogens with zero attached hydrogens (tertiary/aromatic N) is 3. The second-order valence-corrected chi connectivity index (χ2v) is 11.2. The van der Waals surface area contributed by atoms with E-state index in [1.54, 1.807) is 42.5 Å². The van der Waals surface area contributed by atoms with Crippen molar-refractivity contribution in [2.45, 2.75) is 19.1 Å². The lowest BCUT2D eigenvalue weighted by Crippen LogP contribution is -2.27. The van der Waals surface area contributed by atoms with E-state index in [4.69, 9.17) is 45.7 Å². The third-order valence-electron chi connectivity index (χ3n) is 7.19. The van der Waals surface area contributed by atoms with E-state index in [1.807, 2.05) is 0 Å². The number of anilines is 3. The number of halogens is 2. The van der Waals surface area contributed by atoms with Gasteiger partial charge in [0.1, 0.15) is 36.1 Å². The first-order chi connectivity index (χ1) is 24.4. The summed E-state index contributed by atoms with van der Waals surface area (Å²) in [4.78, 5) is 28.0. The van der Waals surface area contributed by atoms with Crippen molar-refractivity contribution in [2.75, 3.05) is 56.8 Å². The zero-order valence-corrected chi connectivity index (χ0v) is 27.6. The molecule has 1 saturated heterocycles. The van der Waals surface area contributed by atoms with Gasteiger partial charge in [-0.2, -0.15) is 5.26 Å². The van der Waals surface area contributed by atoms with Gasteiger partial charge < -0.3 is 35.1 Å². The van der Waals surface area contributed by atoms with Crippen LogP contribution in [0.5, 0.6) is 11.5 Å². The standard InChI is InChI=1S/C35H35ClFN5O8/c36-29-16-26(6-7-32(29)47-21-23-3-1-4-25(37)15-23)40-35-24(19-38)20-39-30-18-33(50-27-8-12-46-22-27)31(17-28(30)35)41-34(45)5-2-9-42(48-13-10-43)49-14-11-44/h1-7,15-18,20,27,43-44H,8-14,21-22H2,(H,39,40)(H,41,45)/b5-2+. The lowest BCUT2D eigenvalue weighted by Gasteiger charge is -2.19. The van der Waals surface area contributed by atoms with Gasteiger partial charge in [-0.1, -0.05) is 35.0 Å². The van der Waals surface area contributed by atoms with Crippen molar-refractivity contribution in [3.05, 3.63) is 94.9 Å². The molecule has 0 saturated carbocycles. The van der Waals surface area contributed by atoms with Crippen molar-refractivity contribution in [1.29, 1.82) is 5.26 Å². The molecule has 13 nitrogen and oxygen atoms in total. The van der Waals surface area contributed by atoms with Crippen LogP contribution in [0.25, 0.3) is 10.9 Å². The van der Waals surface area contributed by atoms with Gasteiger partial charge in [0, 0.05) is 35.8 Å². The fourth-order valence-corrected chi connectivity index (χ4v) is 5.13. The number of nitriles is 1. The Hall–Kier alpha value is -4.85. The molecule has 262 valence electrons. The zero-order valence-electron chi connectivity index (χ0n) is 26.8. The average Bonchev–Trinajstić information content (AvgIpc) is 3.62. The number of carbonyl (C=O) groups excluding carboxylic acids is 1. The Morgan fingerprint density at radius 3 is 2.66 bits per heavy atom. The Morgan fingerprint density at radius 1 is 1.14 bits per heavy atom. The van der Waals surface area contributed by atoms with E-state index in [0.717, 1.165) is 5.23 Å². The highest BCUT2D eigenvalue weighted by atomic mass is 35.5. The van der Waals surface area contributed by atoms with Gasteiger partial charge in [-0.05, 0) is 42.0 Å². The summed E-state index contributed by atoms with van der Waals surface area (Å²) in [6.07, 6.45) is 4.62. The second-order valence-electron chi connectivity index (χ2n) is 10.8. The number of benzene rings is 3. The molecule has 0 bridgehead atoms. The molecular formula is C35H35ClFN5O8. The Bertz CT molecular complexity index is 1840. The second kappa shape index (κ2) is 18.2. The number of hydrogen-bond donors (Lipinski definition) is 4. The van der Waals surface area contributed by atoms with E-state index in [2.05, 4.69) is 21.7 Å². The average molecular weight is 708 g/mol. The van der Waals surface area contributed by atoms with Crippen LogP contribution in [0.3, 0.4) is 0 Å². The number of ether oxygens (including phenoxy) is 3. The molecule has 5 rings (SSSR count). The van der Waals surface area contributed by atoms with E-state index >= 15 is 0 Å². The van der Waals surface area contributed by atoms with Crippen LogP contribution < -0.4 is 20.1 Å². The minimum Gasteiger partial charge on any atom is -0.487 e. The molecule has 4 aromatic rings. The summed E-state index contributed by atoms with van der Waals surface area (Å²) in [5, 5.41) is 36.0. The van der Waals surface area contributed by atoms with Gasteiger partial charge in [-0.25, -0.2) is 4.39 Å². The minimum absolute atomic E-state index is 0.0224. The molecule has 1 aromatic heterocycles. The summed E-state index contributed by atoms with van der Waals surface area (Å²) in [6.45, 7) is 0.507. The summed E-state index contributed by atoms with van der Waals surface area (Å²) in [5.74, 6) is -0.113. The van der Waals surface area contributed by atoms with E-state index in [9.17, 15) is 14.4 Å². The van der Waals surface area contributed by atoms with Gasteiger partial charge >= 0.3 is 0 Å². The summed E-state index contributed by atoms with van der Waals surface area (Å²) < 4.78 is 31.1. The van der Waals surface area contributed by atoms with Crippen LogP contribution in [0.2, 0.25) is 5.02 Å². The van der Waals surface area contributed by atoms with Crippen LogP contribution >= 0.6 is 11.6 Å². The normalized spacial score (nSPS) is 14.3. The van der Waals surface area contributed by atoms with Crippen molar-refractivity contribution in [2.24, 2.45) is 0 Å². The Balaban J connectivity index is 1.40. The molecule has 15 heteroatoms. The number of aliphatic hydroxyl groups excluding tert-OH is 2. The Kier molecular flexibility index (Phi) is 13.3. The third-order valence-corrected chi connectivity index (χ3v) is 7.49. The molecule has 0 aliphatic carbocycles. The van der Waals surface area contributed by atoms with E-state index in [1.165, 1.54) is 30.5 Å². The molecule has 1 aliphatic heterocycles. The minimum atomic E-state index is -0.499. The quantitative estimate of drug-likeness (QED) is 0.0855. The van der Waals surface area contributed by atoms with Gasteiger partial charge in [0.15, 0.2) is 0 Å². The Labute approximate surface area is 292 Å². The molecule has 4 N–H and O–H groups in total. The van der Waals surface area contributed by atoms with Crippen LogP contribution in [0, 0.1) is 17.1 Å². The molecular weight excluding hydrogens is 673 g/mol. The number of hydroxylamine groups is 2. The highest BCUT2D eigenvalue weighted by molar-refractivity contribution is 6.32. The first-order valence-electron chi connectivity index (χ1n) is 15.6. The van der Waals surface area contributed by atoms with Gasteiger partial charge in [-0.15, -0.1) is 0 Å². The molecule has 50 heavy (non-hydrogen) atoms. The van der Waals surface area contributed by atoms with E-state index < -0.39 is 5.91 Å². The number of carbonyl (C=O) groups is 1. The number of aliphatic hydroxyl groups is 2. The summed E-state index contributed by atoms with van der Waals surface area (Å²) in [5.41, 5.74) is 2.66. The predicted octanol–water partition coefficient (Wildman–Crippen LogP) is 5.03. The molecule has 1 aliphatic rings. The lowest BCUT2D eigenvalue weighted by molar-refractivity contribution is -0.365. The number of nitrogens with one attached hydrogen (secondary N) is 2. The van der Waals surface area contributed by atoms with Crippen LogP contribution in [-0.4, -0.2) is 78.6 Å². The molecule has 1 fully saturated rings. The number of aromatic nitrogens is 1. The van der Waals surface area contributed by atoms with Crippen LogP contribution in [0.1, 0.15) is 17.5 Å². The number of pyridine rings is 1. The maximum Gasteiger partial charge on any atom is 0.248 e. The number of rotatable bonds is 17. The fourth-order valence-electron chi connectivity index (χ4n) is 4.90. The third kappa shape index (κ3) is 10.1. The summed E-state index contributed by atoms with van der Waals surface area (Å²) in [7, 11) is 0. The highest BCUT2D eigenvalue weighted by Crippen LogP contribution is 2.38. The molecule has 1 atom stereocenters. The summed E-state index contributed by atoms with van der Waals surface area (Å²) in [6, 6.07) is 16.6. The Morgan fingerprint density at radius 2 is 1.96 bits per heavy atom. The largest absolute Gasteiger partial charge is 0.487 e. The number of fused-ring (bicyclic) bond motifs is 1. The molecule has 1 unspecified atom stereocenters. The molecule has 0 radical (unpaired) electrons. The van der Waals surface area contributed by atoms with Crippen molar-refractivity contribution < 1.29 is 43.3 Å². The summed E-state index contributed by atoms with van der Waals surface area (Å²) >= 11 is 6.54. The molecule has 1 amide bonds. The van der Waals surface area contributed by atoms with Gasteiger partial charge in [0.2, 0.25) is 5.91 Å². The van der Waals surface area contributed by atoms with Gasteiger partial charge in [0.25, 0.3) is 0 Å². The predicted molar refractivity (Wildman–Crippen MR) is 182 cm³/mol. The van der Waals surface area contributed by atoms with E-state index in [-0.39, 0.29) is 57.1 Å². The highest BCUT2D eigenvalue weighted by Gasteiger charge is 2.21. The van der Waals surface area contributed by atoms with Crippen molar-refractivity contribution >= 4 is 45.5 Å². The van der Waals surface area contributed by atoms with Crippen LogP contribution in [-0.2, 0) is 25.8 Å². The van der Waals surface area contributed by atoms with E-state index in [0.29, 0.717) is 69.7 Å². The lowest BCUT2D eigenvalue weighted by atomic mass is 10.1. The zero-order chi connectivity index (χ0) is 35.3. The molecule has 3 aromatic carbocycles. The molecule has 2 heterocycles. The maximum absolute atomic E-state index is 13.6.